The van der Waals surface area contributed by atoms with E-state index in [0.717, 1.165) is 29.7 Å². The molecule has 2 aromatic carbocycles. The van der Waals surface area contributed by atoms with Crippen LogP contribution in [0.2, 0.25) is 0 Å². The molecule has 1 N–H and O–H groups in total. The second-order valence-electron chi connectivity index (χ2n) is 6.83. The Hall–Kier alpha value is -3.02. The van der Waals surface area contributed by atoms with E-state index in [9.17, 15) is 9.59 Å². The number of carbonyl (C=O) groups is 1. The number of amides is 1. The summed E-state index contributed by atoms with van der Waals surface area (Å²) in [6, 6.07) is 11.1. The Morgan fingerprint density at radius 2 is 2.00 bits per heavy atom. The molecule has 0 bridgehead atoms. The lowest BCUT2D eigenvalue weighted by molar-refractivity contribution is -0.118. The first-order valence-corrected chi connectivity index (χ1v) is 8.51. The molecule has 1 aliphatic rings. The number of anilines is 1. The quantitative estimate of drug-likeness (QED) is 0.783. The van der Waals surface area contributed by atoms with Crippen molar-refractivity contribution in [2.24, 2.45) is 7.05 Å². The molecular formula is C20H20N2O4. The topological polar surface area (TPSA) is 73.5 Å². The summed E-state index contributed by atoms with van der Waals surface area (Å²) < 4.78 is 12.0. The maximum absolute atomic E-state index is 12.9. The molecule has 1 amide bonds. The molecule has 0 atom stereocenters. The number of hydrogen-bond donors (Lipinski definition) is 1. The predicted molar refractivity (Wildman–Crippen MR) is 98.7 cm³/mol. The zero-order valence-electron chi connectivity index (χ0n) is 15.0. The van der Waals surface area contributed by atoms with Gasteiger partial charge in [0.25, 0.3) is 0 Å². The van der Waals surface area contributed by atoms with Gasteiger partial charge in [0.05, 0.1) is 18.0 Å². The average Bonchev–Trinajstić information content (AvgIpc) is 3.39. The number of fused-ring (bicyclic) bond motifs is 1. The monoisotopic (exact) mass is 352 g/mol. The number of nitrogens with one attached hydrogen (secondary N) is 1. The van der Waals surface area contributed by atoms with Crippen molar-refractivity contribution in [1.29, 1.82) is 0 Å². The molecule has 1 aromatic heterocycles. The highest BCUT2D eigenvalue weighted by Crippen LogP contribution is 2.50. The number of rotatable bonds is 4. The molecule has 0 radical (unpaired) electrons. The Labute approximate surface area is 150 Å². The van der Waals surface area contributed by atoms with E-state index in [2.05, 4.69) is 5.32 Å². The van der Waals surface area contributed by atoms with Gasteiger partial charge in [-0.25, -0.2) is 4.79 Å². The summed E-state index contributed by atoms with van der Waals surface area (Å²) in [5, 5.41) is 2.97. The number of hydrogen-bond acceptors (Lipinski definition) is 4. The lowest BCUT2D eigenvalue weighted by Gasteiger charge is -2.17. The Kier molecular flexibility index (Phi) is 3.64. The number of aryl methyl sites for hydroxylation is 2. The van der Waals surface area contributed by atoms with Crippen LogP contribution in [0.1, 0.15) is 24.0 Å². The van der Waals surface area contributed by atoms with Crippen LogP contribution in [0.25, 0.3) is 11.1 Å². The molecule has 1 fully saturated rings. The van der Waals surface area contributed by atoms with Gasteiger partial charge in [-0.2, -0.15) is 0 Å². The number of aromatic nitrogens is 1. The molecule has 26 heavy (non-hydrogen) atoms. The Morgan fingerprint density at radius 1 is 1.23 bits per heavy atom. The van der Waals surface area contributed by atoms with E-state index in [1.807, 2.05) is 25.1 Å². The second kappa shape index (κ2) is 5.76. The summed E-state index contributed by atoms with van der Waals surface area (Å²) in [7, 11) is 3.28. The number of oxazole rings is 1. The largest absolute Gasteiger partial charge is 0.496 e. The van der Waals surface area contributed by atoms with Crippen LogP contribution < -0.4 is 15.8 Å². The van der Waals surface area contributed by atoms with Crippen LogP contribution in [0.3, 0.4) is 0 Å². The Balaban J connectivity index is 1.62. The average molecular weight is 352 g/mol. The van der Waals surface area contributed by atoms with E-state index >= 15 is 0 Å². The normalized spacial score (nSPS) is 15.0. The third kappa shape index (κ3) is 2.49. The first-order valence-electron chi connectivity index (χ1n) is 8.51. The van der Waals surface area contributed by atoms with Crippen molar-refractivity contribution in [3.05, 3.63) is 58.1 Å². The van der Waals surface area contributed by atoms with Crippen LogP contribution in [0.15, 0.2) is 45.6 Å². The van der Waals surface area contributed by atoms with E-state index in [4.69, 9.17) is 9.15 Å². The molecule has 0 unspecified atom stereocenters. The smallest absolute Gasteiger partial charge is 0.419 e. The predicted octanol–water partition coefficient (Wildman–Crippen LogP) is 3.12. The molecule has 0 spiro atoms. The van der Waals surface area contributed by atoms with Crippen molar-refractivity contribution >= 4 is 22.7 Å². The lowest BCUT2D eigenvalue weighted by Crippen LogP contribution is -2.27. The van der Waals surface area contributed by atoms with Crippen LogP contribution >= 0.6 is 0 Å². The van der Waals surface area contributed by atoms with Gasteiger partial charge in [0.15, 0.2) is 5.58 Å². The SMILES string of the molecule is COc1cc(C2(C(=O)Nc3ccc4c(c3)oc(=O)n4C)CC2)ccc1C. The van der Waals surface area contributed by atoms with E-state index in [1.165, 1.54) is 4.57 Å². The van der Waals surface area contributed by atoms with Crippen LogP contribution in [-0.4, -0.2) is 17.6 Å². The third-order valence-electron chi connectivity index (χ3n) is 5.20. The van der Waals surface area contributed by atoms with Crippen molar-refractivity contribution in [2.75, 3.05) is 12.4 Å². The number of methoxy groups -OCH3 is 1. The summed E-state index contributed by atoms with van der Waals surface area (Å²) in [5.74, 6) is 0.309. The highest BCUT2D eigenvalue weighted by Gasteiger charge is 2.51. The fraction of sp³-hybridized carbons (Fsp3) is 0.300. The highest BCUT2D eigenvalue weighted by molar-refractivity contribution is 6.02. The molecule has 1 heterocycles. The summed E-state index contributed by atoms with van der Waals surface area (Å²) in [4.78, 5) is 24.6. The Bertz CT molecular complexity index is 1070. The number of ether oxygens (including phenoxy) is 1. The van der Waals surface area contributed by atoms with Crippen LogP contribution in [0.5, 0.6) is 5.75 Å². The highest BCUT2D eigenvalue weighted by atomic mass is 16.5. The molecule has 1 saturated carbocycles. The standard InChI is InChI=1S/C20H20N2O4/c1-12-4-5-13(10-16(12)25-3)20(8-9-20)18(23)21-14-6-7-15-17(11-14)26-19(24)22(15)2/h4-7,10-11H,8-9H2,1-3H3,(H,21,23). The molecule has 0 aliphatic heterocycles. The molecule has 6 nitrogen and oxygen atoms in total. The van der Waals surface area contributed by atoms with E-state index in [0.29, 0.717) is 16.8 Å². The van der Waals surface area contributed by atoms with Crippen LogP contribution in [0.4, 0.5) is 5.69 Å². The first-order chi connectivity index (χ1) is 12.4. The van der Waals surface area contributed by atoms with Crippen LogP contribution in [-0.2, 0) is 17.3 Å². The van der Waals surface area contributed by atoms with Gasteiger partial charge in [-0.15, -0.1) is 0 Å². The van der Waals surface area contributed by atoms with Crippen molar-refractivity contribution in [2.45, 2.75) is 25.2 Å². The Morgan fingerprint density at radius 3 is 2.69 bits per heavy atom. The molecule has 134 valence electrons. The van der Waals surface area contributed by atoms with Gasteiger partial charge < -0.3 is 14.5 Å². The minimum Gasteiger partial charge on any atom is -0.496 e. The maximum Gasteiger partial charge on any atom is 0.419 e. The minimum absolute atomic E-state index is 0.0546. The summed E-state index contributed by atoms with van der Waals surface area (Å²) in [6.07, 6.45) is 1.60. The van der Waals surface area contributed by atoms with E-state index in [-0.39, 0.29) is 5.91 Å². The molecule has 4 rings (SSSR count). The van der Waals surface area contributed by atoms with Gasteiger partial charge in [0, 0.05) is 18.8 Å². The second-order valence-corrected chi connectivity index (χ2v) is 6.83. The fourth-order valence-corrected chi connectivity index (χ4v) is 3.35. The summed E-state index contributed by atoms with van der Waals surface area (Å²) in [5.41, 5.74) is 3.24. The van der Waals surface area contributed by atoms with E-state index in [1.54, 1.807) is 32.4 Å². The molecule has 3 aromatic rings. The zero-order valence-corrected chi connectivity index (χ0v) is 15.0. The van der Waals surface area contributed by atoms with Crippen molar-refractivity contribution in [1.82, 2.24) is 4.57 Å². The molecule has 6 heteroatoms. The summed E-state index contributed by atoms with van der Waals surface area (Å²) >= 11 is 0. The van der Waals surface area contributed by atoms with E-state index < -0.39 is 11.2 Å². The van der Waals surface area contributed by atoms with Gasteiger partial charge in [-0.05, 0) is 49.1 Å². The van der Waals surface area contributed by atoms with Crippen LogP contribution in [0, 0.1) is 6.92 Å². The molecular weight excluding hydrogens is 332 g/mol. The maximum atomic E-state index is 12.9. The van der Waals surface area contributed by atoms with Gasteiger partial charge in [-0.1, -0.05) is 12.1 Å². The van der Waals surface area contributed by atoms with Gasteiger partial charge in [-0.3, -0.25) is 9.36 Å². The first kappa shape index (κ1) is 16.4. The molecule has 1 aliphatic carbocycles. The third-order valence-corrected chi connectivity index (χ3v) is 5.20. The zero-order chi connectivity index (χ0) is 18.5. The number of carbonyl (C=O) groups excluding carboxylic acids is 1. The minimum atomic E-state index is -0.520. The number of benzene rings is 2. The van der Waals surface area contributed by atoms with Crippen molar-refractivity contribution in [3.8, 4) is 5.75 Å². The van der Waals surface area contributed by atoms with Gasteiger partial charge in [0.2, 0.25) is 5.91 Å². The summed E-state index contributed by atoms with van der Waals surface area (Å²) in [6.45, 7) is 1.98. The van der Waals surface area contributed by atoms with Crippen molar-refractivity contribution < 1.29 is 13.9 Å². The van der Waals surface area contributed by atoms with Gasteiger partial charge >= 0.3 is 5.76 Å². The number of nitrogens with zero attached hydrogens (tertiary/aromatic N) is 1. The fourth-order valence-electron chi connectivity index (χ4n) is 3.35. The van der Waals surface area contributed by atoms with Gasteiger partial charge in [0.1, 0.15) is 5.75 Å². The van der Waals surface area contributed by atoms with Crippen molar-refractivity contribution in [3.63, 3.8) is 0 Å². The molecule has 0 saturated heterocycles. The lowest BCUT2D eigenvalue weighted by atomic mass is 9.93.